The van der Waals surface area contributed by atoms with Crippen LogP contribution in [0.3, 0.4) is 0 Å². The van der Waals surface area contributed by atoms with Gasteiger partial charge in [-0.25, -0.2) is 4.98 Å². The van der Waals surface area contributed by atoms with Crippen molar-refractivity contribution < 1.29 is 22.5 Å². The Balaban J connectivity index is 0.00000106. The molecule has 8 nitrogen and oxygen atoms in total. The smallest absolute Gasteiger partial charge is 0.354 e. The number of hydrogen-bond acceptors (Lipinski definition) is 6. The molecule has 0 bridgehead atoms. The molecule has 0 aliphatic heterocycles. The summed E-state index contributed by atoms with van der Waals surface area (Å²) in [5.74, 6) is -1.27. The molecule has 1 unspecified atom stereocenters. The molecule has 1 amide bonds. The van der Waals surface area contributed by atoms with Crippen molar-refractivity contribution in [2.24, 2.45) is 11.8 Å². The van der Waals surface area contributed by atoms with Crippen molar-refractivity contribution in [3.05, 3.63) is 42.7 Å². The molecular weight excluding hydrogens is 485 g/mol. The standard InChI is InChI=1S/C20H21F3N6O2.3C2H6/c1-12(13-2-4-14(5-3-13)20(21,22)23)29-11-15(9-26-29)27-19(30)16-8-18(31-28-16)17-10-24-6-7-25-17;3*1-2/h6-14H,2-5H2,1H3,(H,27,30);3*1-2H3. The monoisotopic (exact) mass is 524 g/mol. The molecule has 1 aliphatic carbocycles. The van der Waals surface area contributed by atoms with Gasteiger partial charge in [0.2, 0.25) is 0 Å². The number of hydrogen-bond donors (Lipinski definition) is 1. The van der Waals surface area contributed by atoms with Crippen molar-refractivity contribution in [3.63, 3.8) is 0 Å². The van der Waals surface area contributed by atoms with Crippen molar-refractivity contribution in [2.75, 3.05) is 5.32 Å². The lowest BCUT2D eigenvalue weighted by molar-refractivity contribution is -0.184. The van der Waals surface area contributed by atoms with Gasteiger partial charge in [-0.15, -0.1) is 0 Å². The highest BCUT2D eigenvalue weighted by Crippen LogP contribution is 2.42. The Labute approximate surface area is 217 Å². The summed E-state index contributed by atoms with van der Waals surface area (Å²) in [7, 11) is 0. The van der Waals surface area contributed by atoms with E-state index in [0.29, 0.717) is 30.0 Å². The average Bonchev–Trinajstić information content (AvgIpc) is 3.62. The summed E-state index contributed by atoms with van der Waals surface area (Å²) in [6, 6.07) is 1.39. The van der Waals surface area contributed by atoms with Crippen LogP contribution in [0.5, 0.6) is 0 Å². The van der Waals surface area contributed by atoms with Gasteiger partial charge in [0.05, 0.1) is 30.0 Å². The van der Waals surface area contributed by atoms with Crippen molar-refractivity contribution in [2.45, 2.75) is 86.4 Å². The highest BCUT2D eigenvalue weighted by molar-refractivity contribution is 6.03. The van der Waals surface area contributed by atoms with Gasteiger partial charge in [0, 0.05) is 24.7 Å². The summed E-state index contributed by atoms with van der Waals surface area (Å²) in [4.78, 5) is 20.5. The molecule has 3 aromatic heterocycles. The highest BCUT2D eigenvalue weighted by atomic mass is 19.4. The molecule has 1 atom stereocenters. The number of amides is 1. The lowest BCUT2D eigenvalue weighted by Gasteiger charge is -2.33. The maximum atomic E-state index is 12.9. The van der Waals surface area contributed by atoms with Gasteiger partial charge in [-0.2, -0.15) is 18.3 Å². The first-order valence-corrected chi connectivity index (χ1v) is 13.0. The molecule has 4 rings (SSSR count). The Hall–Kier alpha value is -3.24. The number of anilines is 1. The minimum absolute atomic E-state index is 0.0739. The SMILES string of the molecule is CC.CC.CC.CC(C1CCC(C(F)(F)F)CC1)n1cc(NC(=O)c2cc(-c3cnccn3)on2)cn1. The fourth-order valence-electron chi connectivity index (χ4n) is 3.89. The van der Waals surface area contributed by atoms with Crippen LogP contribution in [0.15, 0.2) is 41.6 Å². The zero-order valence-corrected chi connectivity index (χ0v) is 22.7. The zero-order valence-electron chi connectivity index (χ0n) is 22.7. The Bertz CT molecular complexity index is 1030. The van der Waals surface area contributed by atoms with E-state index in [1.807, 2.05) is 48.5 Å². The third kappa shape index (κ3) is 8.98. The molecule has 3 aromatic rings. The minimum atomic E-state index is -4.12. The number of carbonyl (C=O) groups is 1. The Morgan fingerprint density at radius 3 is 2.27 bits per heavy atom. The Morgan fingerprint density at radius 2 is 1.70 bits per heavy atom. The van der Waals surface area contributed by atoms with E-state index >= 15 is 0 Å². The lowest BCUT2D eigenvalue weighted by Crippen LogP contribution is -2.30. The van der Waals surface area contributed by atoms with E-state index in [2.05, 4.69) is 25.5 Å². The number of nitrogens with one attached hydrogen (secondary N) is 1. The van der Waals surface area contributed by atoms with E-state index in [1.165, 1.54) is 30.9 Å². The second-order valence-corrected chi connectivity index (χ2v) is 7.72. The molecule has 0 aromatic carbocycles. The molecule has 1 saturated carbocycles. The molecule has 11 heteroatoms. The lowest BCUT2D eigenvalue weighted by atomic mass is 9.78. The number of halogens is 3. The van der Waals surface area contributed by atoms with Crippen molar-refractivity contribution >= 4 is 11.6 Å². The quantitative estimate of drug-likeness (QED) is 0.369. The second-order valence-electron chi connectivity index (χ2n) is 7.72. The van der Waals surface area contributed by atoms with Gasteiger partial charge in [-0.1, -0.05) is 46.7 Å². The Morgan fingerprint density at radius 1 is 1.05 bits per heavy atom. The van der Waals surface area contributed by atoms with Gasteiger partial charge in [-0.05, 0) is 38.5 Å². The molecule has 1 aliphatic rings. The molecule has 0 spiro atoms. The van der Waals surface area contributed by atoms with Gasteiger partial charge in [0.15, 0.2) is 11.5 Å². The predicted molar refractivity (Wildman–Crippen MR) is 138 cm³/mol. The maximum absolute atomic E-state index is 12.9. The number of aromatic nitrogens is 5. The van der Waals surface area contributed by atoms with Crippen LogP contribution in [-0.4, -0.2) is 37.0 Å². The van der Waals surface area contributed by atoms with Crippen LogP contribution in [0.1, 0.15) is 90.7 Å². The highest BCUT2D eigenvalue weighted by Gasteiger charge is 2.42. The van der Waals surface area contributed by atoms with Crippen LogP contribution in [0.4, 0.5) is 18.9 Å². The van der Waals surface area contributed by atoms with E-state index in [9.17, 15) is 18.0 Å². The molecule has 1 fully saturated rings. The summed E-state index contributed by atoms with van der Waals surface area (Å²) >= 11 is 0. The van der Waals surface area contributed by atoms with Crippen LogP contribution < -0.4 is 5.32 Å². The third-order valence-electron chi connectivity index (χ3n) is 5.75. The van der Waals surface area contributed by atoms with Crippen LogP contribution in [0, 0.1) is 11.8 Å². The maximum Gasteiger partial charge on any atom is 0.391 e. The third-order valence-corrected chi connectivity index (χ3v) is 5.75. The number of nitrogens with zero attached hydrogens (tertiary/aromatic N) is 5. The minimum Gasteiger partial charge on any atom is -0.354 e. The number of rotatable bonds is 5. The fraction of sp³-hybridized carbons (Fsp3) is 0.577. The van der Waals surface area contributed by atoms with Gasteiger partial charge in [0.25, 0.3) is 5.91 Å². The van der Waals surface area contributed by atoms with Gasteiger partial charge in [-0.3, -0.25) is 14.5 Å². The topological polar surface area (TPSA) is 98.7 Å². The number of carbonyl (C=O) groups excluding carboxylic acids is 1. The van der Waals surface area contributed by atoms with E-state index in [0.717, 1.165) is 0 Å². The molecule has 3 heterocycles. The Kier molecular flexibility index (Phi) is 13.6. The normalized spacial score (nSPS) is 17.6. The summed E-state index contributed by atoms with van der Waals surface area (Å²) in [6.45, 7) is 13.9. The van der Waals surface area contributed by atoms with E-state index in [-0.39, 0.29) is 30.5 Å². The molecule has 37 heavy (non-hydrogen) atoms. The molecule has 0 radical (unpaired) electrons. The molecule has 0 saturated heterocycles. The van der Waals surface area contributed by atoms with Crippen LogP contribution >= 0.6 is 0 Å². The molecule has 206 valence electrons. The van der Waals surface area contributed by atoms with Crippen molar-refractivity contribution in [1.82, 2.24) is 24.9 Å². The first kappa shape index (κ1) is 31.8. The van der Waals surface area contributed by atoms with Gasteiger partial charge in [0.1, 0.15) is 5.69 Å². The van der Waals surface area contributed by atoms with E-state index < -0.39 is 18.0 Å². The molecule has 1 N–H and O–H groups in total. The van der Waals surface area contributed by atoms with E-state index in [1.54, 1.807) is 10.9 Å². The second kappa shape index (κ2) is 15.8. The summed E-state index contributed by atoms with van der Waals surface area (Å²) in [5.41, 5.74) is 0.993. The first-order chi connectivity index (χ1) is 17.8. The van der Waals surface area contributed by atoms with Gasteiger partial charge < -0.3 is 9.84 Å². The van der Waals surface area contributed by atoms with Crippen molar-refractivity contribution in [3.8, 4) is 11.5 Å². The summed E-state index contributed by atoms with van der Waals surface area (Å²) in [6.07, 6.45) is 4.85. The predicted octanol–water partition coefficient (Wildman–Crippen LogP) is 7.59. The van der Waals surface area contributed by atoms with Crippen LogP contribution in [-0.2, 0) is 0 Å². The molecular formula is C26H39F3N6O2. The zero-order chi connectivity index (χ0) is 28.0. The van der Waals surface area contributed by atoms with Gasteiger partial charge >= 0.3 is 6.18 Å². The summed E-state index contributed by atoms with van der Waals surface area (Å²) in [5, 5.41) is 10.7. The van der Waals surface area contributed by atoms with Crippen molar-refractivity contribution in [1.29, 1.82) is 0 Å². The average molecular weight is 525 g/mol. The fourth-order valence-corrected chi connectivity index (χ4v) is 3.89. The first-order valence-electron chi connectivity index (χ1n) is 13.0. The van der Waals surface area contributed by atoms with Crippen LogP contribution in [0.25, 0.3) is 11.5 Å². The summed E-state index contributed by atoms with van der Waals surface area (Å²) < 4.78 is 45.5. The largest absolute Gasteiger partial charge is 0.391 e. The van der Waals surface area contributed by atoms with E-state index in [4.69, 9.17) is 4.52 Å². The number of alkyl halides is 3. The van der Waals surface area contributed by atoms with Crippen LogP contribution in [0.2, 0.25) is 0 Å².